The summed E-state index contributed by atoms with van der Waals surface area (Å²) < 4.78 is 5.51. The number of hydrogen-bond donors (Lipinski definition) is 1. The van der Waals surface area contributed by atoms with Crippen LogP contribution in [-0.2, 0) is 4.79 Å². The summed E-state index contributed by atoms with van der Waals surface area (Å²) in [7, 11) is 0. The van der Waals surface area contributed by atoms with Crippen molar-refractivity contribution >= 4 is 23.4 Å². The number of amides is 1. The number of benzene rings is 1. The zero-order valence-electron chi connectivity index (χ0n) is 10.3. The average molecular weight is 266 g/mol. The summed E-state index contributed by atoms with van der Waals surface area (Å²) in [5, 5.41) is 0. The van der Waals surface area contributed by atoms with Gasteiger partial charge in [0.2, 0.25) is 5.91 Å². The van der Waals surface area contributed by atoms with Crippen LogP contribution >= 0.6 is 11.8 Å². The summed E-state index contributed by atoms with van der Waals surface area (Å²) in [4.78, 5) is 13.8. The van der Waals surface area contributed by atoms with Gasteiger partial charge >= 0.3 is 0 Å². The van der Waals surface area contributed by atoms with Gasteiger partial charge in [-0.15, -0.1) is 0 Å². The molecule has 5 heteroatoms. The number of ether oxygens (including phenoxy) is 1. The number of hydrogen-bond acceptors (Lipinski definition) is 4. The molecule has 2 rings (SSSR count). The molecule has 0 saturated carbocycles. The molecule has 1 fully saturated rings. The van der Waals surface area contributed by atoms with E-state index in [0.717, 1.165) is 30.3 Å². The normalized spacial score (nSPS) is 15.4. The maximum absolute atomic E-state index is 11.9. The van der Waals surface area contributed by atoms with Gasteiger partial charge in [0, 0.05) is 30.3 Å². The van der Waals surface area contributed by atoms with Crippen molar-refractivity contribution in [2.75, 3.05) is 36.9 Å². The van der Waals surface area contributed by atoms with Gasteiger partial charge in [0.15, 0.2) is 0 Å². The van der Waals surface area contributed by atoms with Crippen LogP contribution in [0.5, 0.6) is 5.75 Å². The fraction of sp³-hybridized carbons (Fsp3) is 0.462. The molecule has 18 heavy (non-hydrogen) atoms. The van der Waals surface area contributed by atoms with Crippen LogP contribution in [0.4, 0.5) is 5.69 Å². The van der Waals surface area contributed by atoms with Crippen molar-refractivity contribution in [1.82, 2.24) is 4.90 Å². The van der Waals surface area contributed by atoms with Crippen LogP contribution in [-0.4, -0.2) is 42.0 Å². The molecule has 0 aromatic heterocycles. The minimum atomic E-state index is 0.186. The number of nitrogens with two attached hydrogens (primary N) is 1. The lowest BCUT2D eigenvalue weighted by Crippen LogP contribution is -2.38. The molecule has 1 aromatic rings. The Morgan fingerprint density at radius 3 is 2.61 bits per heavy atom. The molecule has 4 nitrogen and oxygen atoms in total. The Morgan fingerprint density at radius 2 is 1.94 bits per heavy atom. The second-order valence-corrected chi connectivity index (χ2v) is 5.39. The lowest BCUT2D eigenvalue weighted by Gasteiger charge is -2.26. The third-order valence-corrected chi connectivity index (χ3v) is 3.77. The number of nitrogen functional groups attached to an aromatic ring is 1. The van der Waals surface area contributed by atoms with Crippen LogP contribution in [0.2, 0.25) is 0 Å². The quantitative estimate of drug-likeness (QED) is 0.841. The van der Waals surface area contributed by atoms with Gasteiger partial charge in [0.25, 0.3) is 0 Å². The Labute approximate surface area is 111 Å². The number of thioether (sulfide) groups is 1. The first-order chi connectivity index (χ1) is 8.75. The molecule has 0 unspecified atom stereocenters. The molecular formula is C13H18N2O2S. The second kappa shape index (κ2) is 6.54. The predicted molar refractivity (Wildman–Crippen MR) is 74.9 cm³/mol. The van der Waals surface area contributed by atoms with E-state index < -0.39 is 0 Å². The summed E-state index contributed by atoms with van der Waals surface area (Å²) in [6.45, 7) is 2.16. The first-order valence-corrected chi connectivity index (χ1v) is 7.25. The van der Waals surface area contributed by atoms with Gasteiger partial charge in [-0.3, -0.25) is 4.79 Å². The molecule has 2 N–H and O–H groups in total. The Morgan fingerprint density at radius 1 is 1.28 bits per heavy atom. The largest absolute Gasteiger partial charge is 0.493 e. The first-order valence-electron chi connectivity index (χ1n) is 6.09. The zero-order valence-corrected chi connectivity index (χ0v) is 11.1. The molecule has 1 amide bonds. The highest BCUT2D eigenvalue weighted by atomic mass is 32.2. The molecule has 1 aromatic carbocycles. The van der Waals surface area contributed by atoms with Crippen molar-refractivity contribution < 1.29 is 9.53 Å². The molecular weight excluding hydrogens is 248 g/mol. The minimum absolute atomic E-state index is 0.186. The van der Waals surface area contributed by atoms with E-state index in [1.807, 2.05) is 28.8 Å². The van der Waals surface area contributed by atoms with E-state index in [2.05, 4.69) is 0 Å². The van der Waals surface area contributed by atoms with Gasteiger partial charge < -0.3 is 15.4 Å². The van der Waals surface area contributed by atoms with Crippen molar-refractivity contribution in [2.45, 2.75) is 6.42 Å². The monoisotopic (exact) mass is 266 g/mol. The maximum Gasteiger partial charge on any atom is 0.226 e. The lowest BCUT2D eigenvalue weighted by atomic mass is 10.3. The van der Waals surface area contributed by atoms with E-state index in [-0.39, 0.29) is 5.91 Å². The smallest absolute Gasteiger partial charge is 0.226 e. The summed E-state index contributed by atoms with van der Waals surface area (Å²) in [6.07, 6.45) is 0.440. The van der Waals surface area contributed by atoms with E-state index >= 15 is 0 Å². The number of carbonyl (C=O) groups excluding carboxylic acids is 1. The van der Waals surface area contributed by atoms with Crippen LogP contribution in [0.1, 0.15) is 6.42 Å². The van der Waals surface area contributed by atoms with Crippen LogP contribution < -0.4 is 10.5 Å². The Hall–Kier alpha value is -1.36. The summed E-state index contributed by atoms with van der Waals surface area (Å²) in [5.41, 5.74) is 6.30. The third-order valence-electron chi connectivity index (χ3n) is 2.83. The van der Waals surface area contributed by atoms with Gasteiger partial charge in [-0.05, 0) is 24.3 Å². The van der Waals surface area contributed by atoms with Gasteiger partial charge in [0.1, 0.15) is 5.75 Å². The standard InChI is InChI=1S/C13H18N2O2S/c14-11-1-3-12(4-2-11)17-8-5-13(16)15-6-9-18-10-7-15/h1-4H,5-10,14H2. The van der Waals surface area contributed by atoms with Crippen LogP contribution in [0.15, 0.2) is 24.3 Å². The topological polar surface area (TPSA) is 55.6 Å². The fourth-order valence-electron chi connectivity index (χ4n) is 1.79. The molecule has 0 radical (unpaired) electrons. The minimum Gasteiger partial charge on any atom is -0.493 e. The van der Waals surface area contributed by atoms with E-state index in [1.54, 1.807) is 12.1 Å². The fourth-order valence-corrected chi connectivity index (χ4v) is 2.69. The second-order valence-electron chi connectivity index (χ2n) is 4.16. The van der Waals surface area contributed by atoms with Crippen molar-refractivity contribution in [3.63, 3.8) is 0 Å². The molecule has 1 aliphatic heterocycles. The Kier molecular flexibility index (Phi) is 4.75. The molecule has 1 aliphatic rings. The first kappa shape index (κ1) is 13.1. The summed E-state index contributed by atoms with van der Waals surface area (Å²) in [5.74, 6) is 3.03. The highest BCUT2D eigenvalue weighted by Crippen LogP contribution is 2.14. The predicted octanol–water partition coefficient (Wildman–Crippen LogP) is 1.61. The van der Waals surface area contributed by atoms with E-state index in [9.17, 15) is 4.79 Å². The van der Waals surface area contributed by atoms with Crippen molar-refractivity contribution in [2.24, 2.45) is 0 Å². The average Bonchev–Trinajstić information content (AvgIpc) is 2.42. The Balaban J connectivity index is 1.71. The van der Waals surface area contributed by atoms with Crippen LogP contribution in [0.3, 0.4) is 0 Å². The highest BCUT2D eigenvalue weighted by Gasteiger charge is 2.16. The molecule has 1 heterocycles. The number of carbonyl (C=O) groups is 1. The third kappa shape index (κ3) is 3.84. The van der Waals surface area contributed by atoms with E-state index in [4.69, 9.17) is 10.5 Å². The molecule has 1 saturated heterocycles. The Bertz CT molecular complexity index is 388. The molecule has 0 bridgehead atoms. The maximum atomic E-state index is 11.9. The van der Waals surface area contributed by atoms with Gasteiger partial charge in [-0.1, -0.05) is 0 Å². The highest BCUT2D eigenvalue weighted by molar-refractivity contribution is 7.99. The molecule has 98 valence electrons. The number of rotatable bonds is 4. The van der Waals surface area contributed by atoms with Crippen LogP contribution in [0, 0.1) is 0 Å². The van der Waals surface area contributed by atoms with E-state index in [1.165, 1.54) is 0 Å². The number of nitrogens with zero attached hydrogens (tertiary/aromatic N) is 1. The SMILES string of the molecule is Nc1ccc(OCCC(=O)N2CCSCC2)cc1. The zero-order chi connectivity index (χ0) is 12.8. The van der Waals surface area contributed by atoms with Gasteiger partial charge in [0.05, 0.1) is 13.0 Å². The van der Waals surface area contributed by atoms with Crippen molar-refractivity contribution in [3.8, 4) is 5.75 Å². The molecule has 0 aliphatic carbocycles. The van der Waals surface area contributed by atoms with E-state index in [0.29, 0.717) is 18.7 Å². The van der Waals surface area contributed by atoms with Crippen molar-refractivity contribution in [1.29, 1.82) is 0 Å². The van der Waals surface area contributed by atoms with Gasteiger partial charge in [-0.2, -0.15) is 11.8 Å². The number of anilines is 1. The lowest BCUT2D eigenvalue weighted by molar-refractivity contribution is -0.131. The summed E-state index contributed by atoms with van der Waals surface area (Å²) in [6, 6.07) is 7.21. The molecule has 0 spiro atoms. The molecule has 0 atom stereocenters. The van der Waals surface area contributed by atoms with Crippen LogP contribution in [0.25, 0.3) is 0 Å². The van der Waals surface area contributed by atoms with Crippen molar-refractivity contribution in [3.05, 3.63) is 24.3 Å². The summed E-state index contributed by atoms with van der Waals surface area (Å²) >= 11 is 1.90. The van der Waals surface area contributed by atoms with Gasteiger partial charge in [-0.25, -0.2) is 0 Å².